The van der Waals surface area contributed by atoms with E-state index < -0.39 is 0 Å². The first-order valence-corrected chi connectivity index (χ1v) is 7.99. The summed E-state index contributed by atoms with van der Waals surface area (Å²) >= 11 is 0. The van der Waals surface area contributed by atoms with Crippen LogP contribution in [0.4, 0.5) is 0 Å². The molecule has 2 aliphatic carbocycles. The highest BCUT2D eigenvalue weighted by atomic mass is 16.3. The molecule has 0 spiro atoms. The van der Waals surface area contributed by atoms with Gasteiger partial charge in [0.2, 0.25) is 0 Å². The first-order chi connectivity index (χ1) is 9.65. The molecule has 0 aromatic rings. The van der Waals surface area contributed by atoms with Gasteiger partial charge in [-0.2, -0.15) is 0 Å². The average molecular weight is 280 g/mol. The summed E-state index contributed by atoms with van der Waals surface area (Å²) in [6, 6.07) is 0. The Balaban J connectivity index is 1.83. The highest BCUT2D eigenvalue weighted by Gasteiger charge is 2.43. The number of aliphatic hydroxyl groups is 3. The fourth-order valence-electron chi connectivity index (χ4n) is 3.67. The van der Waals surface area contributed by atoms with Gasteiger partial charge in [0.05, 0.1) is 18.8 Å². The second kappa shape index (κ2) is 7.39. The lowest BCUT2D eigenvalue weighted by Crippen LogP contribution is -2.17. The number of fused-ring (bicyclic) bond motifs is 1. The molecule has 0 aromatic carbocycles. The van der Waals surface area contributed by atoms with Gasteiger partial charge in [0.1, 0.15) is 0 Å². The summed E-state index contributed by atoms with van der Waals surface area (Å²) in [4.78, 5) is 0. The Bertz CT molecular complexity index is 361. The van der Waals surface area contributed by atoms with Gasteiger partial charge in [0.25, 0.3) is 0 Å². The Kier molecular flexibility index (Phi) is 5.82. The van der Waals surface area contributed by atoms with Crippen LogP contribution in [0, 0.1) is 17.8 Å². The van der Waals surface area contributed by atoms with Crippen molar-refractivity contribution in [3.8, 4) is 0 Å². The minimum atomic E-state index is -0.273. The van der Waals surface area contributed by atoms with Crippen LogP contribution in [0.5, 0.6) is 0 Å². The Labute approximate surface area is 122 Å². The van der Waals surface area contributed by atoms with Crippen LogP contribution >= 0.6 is 0 Å². The quantitative estimate of drug-likeness (QED) is 0.628. The molecular weight excluding hydrogens is 252 g/mol. The monoisotopic (exact) mass is 280 g/mol. The summed E-state index contributed by atoms with van der Waals surface area (Å²) in [6.45, 7) is 2.28. The molecule has 1 unspecified atom stereocenters. The number of hydrogen-bond donors (Lipinski definition) is 3. The van der Waals surface area contributed by atoms with E-state index in [9.17, 15) is 15.3 Å². The maximum Gasteiger partial charge on any atom is 0.0641 e. The second-order valence-electron chi connectivity index (χ2n) is 6.36. The van der Waals surface area contributed by atoms with Crippen molar-refractivity contribution in [2.24, 2.45) is 17.8 Å². The highest BCUT2D eigenvalue weighted by molar-refractivity contribution is 5.20. The van der Waals surface area contributed by atoms with Crippen molar-refractivity contribution in [1.29, 1.82) is 0 Å². The molecule has 0 aromatic heterocycles. The van der Waals surface area contributed by atoms with Crippen LogP contribution in [-0.2, 0) is 0 Å². The summed E-state index contributed by atoms with van der Waals surface area (Å²) in [5.74, 6) is 1.04. The van der Waals surface area contributed by atoms with Gasteiger partial charge in [-0.3, -0.25) is 0 Å². The van der Waals surface area contributed by atoms with E-state index in [1.807, 2.05) is 6.08 Å². The van der Waals surface area contributed by atoms with E-state index in [-0.39, 0.29) is 24.7 Å². The average Bonchev–Trinajstić information content (AvgIpc) is 2.95. The minimum Gasteiger partial charge on any atom is -0.393 e. The van der Waals surface area contributed by atoms with Crippen LogP contribution in [0.1, 0.15) is 45.4 Å². The lowest BCUT2D eigenvalue weighted by Gasteiger charge is -2.18. The summed E-state index contributed by atoms with van der Waals surface area (Å²) in [5, 5.41) is 29.2. The molecule has 0 aliphatic heterocycles. The van der Waals surface area contributed by atoms with Crippen molar-refractivity contribution in [1.82, 2.24) is 0 Å². The second-order valence-corrected chi connectivity index (χ2v) is 6.36. The third kappa shape index (κ3) is 3.72. The van der Waals surface area contributed by atoms with Gasteiger partial charge in [-0.1, -0.05) is 38.0 Å². The molecular formula is C17H28O3. The SMILES string of the molecule is CCCCC(O)C/C=C/[C@@H]1[C@H]2CC(CO)=C[C@H]2C[C@H]1O. The number of rotatable bonds is 7. The van der Waals surface area contributed by atoms with Gasteiger partial charge >= 0.3 is 0 Å². The fraction of sp³-hybridized carbons (Fsp3) is 0.765. The van der Waals surface area contributed by atoms with E-state index in [2.05, 4.69) is 19.1 Å². The van der Waals surface area contributed by atoms with E-state index in [4.69, 9.17) is 0 Å². The van der Waals surface area contributed by atoms with Crippen LogP contribution in [0.3, 0.4) is 0 Å². The predicted molar refractivity (Wildman–Crippen MR) is 80.2 cm³/mol. The maximum absolute atomic E-state index is 10.2. The first-order valence-electron chi connectivity index (χ1n) is 7.99. The molecule has 0 radical (unpaired) electrons. The van der Waals surface area contributed by atoms with E-state index >= 15 is 0 Å². The summed E-state index contributed by atoms with van der Waals surface area (Å²) < 4.78 is 0. The lowest BCUT2D eigenvalue weighted by atomic mass is 9.89. The molecule has 5 atom stereocenters. The standard InChI is InChI=1S/C17H28O3/c1-2-3-5-14(19)6-4-7-15-16-9-12(11-18)8-13(16)10-17(15)20/h4,7-8,13-20H,2-3,5-6,9-11H2,1H3/b7-4+/t13-,14?,15+,16-,17+/m0/s1. The van der Waals surface area contributed by atoms with Crippen LogP contribution in [0.2, 0.25) is 0 Å². The summed E-state index contributed by atoms with van der Waals surface area (Å²) in [6.07, 6.45) is 11.2. The third-order valence-corrected chi connectivity index (χ3v) is 4.81. The third-order valence-electron chi connectivity index (χ3n) is 4.81. The maximum atomic E-state index is 10.2. The summed E-state index contributed by atoms with van der Waals surface area (Å²) in [5.41, 5.74) is 1.12. The van der Waals surface area contributed by atoms with Crippen LogP contribution in [-0.4, -0.2) is 34.1 Å². The van der Waals surface area contributed by atoms with Crippen LogP contribution in [0.25, 0.3) is 0 Å². The molecule has 0 bridgehead atoms. The minimum absolute atomic E-state index is 0.148. The predicted octanol–water partition coefficient (Wildman–Crippen LogP) is 2.42. The molecule has 114 valence electrons. The van der Waals surface area contributed by atoms with E-state index in [1.165, 1.54) is 0 Å². The highest BCUT2D eigenvalue weighted by Crippen LogP contribution is 2.47. The molecule has 3 heteroatoms. The molecule has 3 nitrogen and oxygen atoms in total. The molecule has 0 amide bonds. The van der Waals surface area contributed by atoms with Crippen LogP contribution < -0.4 is 0 Å². The first kappa shape index (κ1) is 15.7. The molecule has 20 heavy (non-hydrogen) atoms. The van der Waals surface area contributed by atoms with Crippen LogP contribution in [0.15, 0.2) is 23.8 Å². The molecule has 1 fully saturated rings. The summed E-state index contributed by atoms with van der Waals surface area (Å²) in [7, 11) is 0. The Morgan fingerprint density at radius 3 is 2.95 bits per heavy atom. The molecule has 3 N–H and O–H groups in total. The Morgan fingerprint density at radius 2 is 2.25 bits per heavy atom. The molecule has 2 rings (SSSR count). The van der Waals surface area contributed by atoms with Crippen molar-refractivity contribution in [2.45, 2.75) is 57.7 Å². The van der Waals surface area contributed by atoms with E-state index in [0.29, 0.717) is 18.3 Å². The topological polar surface area (TPSA) is 60.7 Å². The van der Waals surface area contributed by atoms with Crippen molar-refractivity contribution in [3.63, 3.8) is 0 Å². The van der Waals surface area contributed by atoms with Crippen molar-refractivity contribution in [2.75, 3.05) is 6.61 Å². The van der Waals surface area contributed by atoms with Crippen molar-refractivity contribution < 1.29 is 15.3 Å². The zero-order valence-electron chi connectivity index (χ0n) is 12.4. The zero-order chi connectivity index (χ0) is 14.5. The van der Waals surface area contributed by atoms with E-state index in [1.54, 1.807) is 0 Å². The number of unbranched alkanes of at least 4 members (excludes halogenated alkanes) is 1. The Hall–Kier alpha value is -0.640. The van der Waals surface area contributed by atoms with Gasteiger partial charge in [-0.15, -0.1) is 0 Å². The van der Waals surface area contributed by atoms with Gasteiger partial charge < -0.3 is 15.3 Å². The molecule has 0 saturated heterocycles. The van der Waals surface area contributed by atoms with Gasteiger partial charge in [-0.05, 0) is 43.1 Å². The Morgan fingerprint density at radius 1 is 1.45 bits per heavy atom. The number of allylic oxidation sites excluding steroid dienone is 1. The largest absolute Gasteiger partial charge is 0.393 e. The molecule has 2 aliphatic rings. The number of aliphatic hydroxyl groups excluding tert-OH is 3. The van der Waals surface area contributed by atoms with Crippen molar-refractivity contribution >= 4 is 0 Å². The van der Waals surface area contributed by atoms with E-state index in [0.717, 1.165) is 37.7 Å². The zero-order valence-corrected chi connectivity index (χ0v) is 12.4. The van der Waals surface area contributed by atoms with Crippen molar-refractivity contribution in [3.05, 3.63) is 23.8 Å². The molecule has 0 heterocycles. The smallest absolute Gasteiger partial charge is 0.0641 e. The fourth-order valence-corrected chi connectivity index (χ4v) is 3.67. The van der Waals surface area contributed by atoms with Gasteiger partial charge in [0.15, 0.2) is 0 Å². The normalized spacial score (nSPS) is 34.5. The van der Waals surface area contributed by atoms with Gasteiger partial charge in [-0.25, -0.2) is 0 Å². The van der Waals surface area contributed by atoms with Gasteiger partial charge in [0, 0.05) is 5.92 Å². The number of hydrogen-bond acceptors (Lipinski definition) is 3. The molecule has 1 saturated carbocycles. The lowest BCUT2D eigenvalue weighted by molar-refractivity contribution is 0.139.